The molecule has 1 amide bonds. The third kappa shape index (κ3) is 5.93. The van der Waals surface area contributed by atoms with Gasteiger partial charge in [-0.3, -0.25) is 4.79 Å². The summed E-state index contributed by atoms with van der Waals surface area (Å²) in [5.41, 5.74) is 3.22. The topological polar surface area (TPSA) is 52.0 Å². The molecule has 0 aromatic heterocycles. The predicted octanol–water partition coefficient (Wildman–Crippen LogP) is 1.68. The van der Waals surface area contributed by atoms with Gasteiger partial charge < -0.3 is 19.7 Å². The molecule has 2 aromatic rings. The second-order valence-corrected chi connectivity index (χ2v) is 6.35. The fourth-order valence-electron chi connectivity index (χ4n) is 2.62. The van der Waals surface area contributed by atoms with Crippen LogP contribution < -0.4 is 19.7 Å². The molecule has 0 aliphatic heterocycles. The zero-order valence-electron chi connectivity index (χ0n) is 15.8. The number of carbonyl (C=O) groups excluding carboxylic acids is 1. The van der Waals surface area contributed by atoms with Crippen molar-refractivity contribution in [3.63, 3.8) is 0 Å². The number of rotatable bonds is 8. The van der Waals surface area contributed by atoms with Gasteiger partial charge in [-0.15, -0.1) is 0 Å². The van der Waals surface area contributed by atoms with E-state index in [1.807, 2.05) is 24.3 Å². The molecule has 0 fully saturated rings. The van der Waals surface area contributed by atoms with Crippen molar-refractivity contribution in [2.75, 3.05) is 28.3 Å². The van der Waals surface area contributed by atoms with Crippen LogP contribution in [0, 0.1) is 0 Å². The molecule has 0 atom stereocenters. The zero-order valence-corrected chi connectivity index (χ0v) is 15.8. The van der Waals surface area contributed by atoms with Crippen molar-refractivity contribution in [2.45, 2.75) is 13.1 Å². The minimum atomic E-state index is -0.140. The largest absolute Gasteiger partial charge is 0.497 e. The molecule has 26 heavy (non-hydrogen) atoms. The van der Waals surface area contributed by atoms with E-state index in [9.17, 15) is 4.79 Å². The first-order chi connectivity index (χ1) is 12.5. The Balaban J connectivity index is 2.00. The van der Waals surface area contributed by atoms with Crippen LogP contribution in [0.3, 0.4) is 0 Å². The van der Waals surface area contributed by atoms with E-state index < -0.39 is 0 Å². The van der Waals surface area contributed by atoms with Crippen molar-refractivity contribution in [3.05, 3.63) is 65.2 Å². The molecule has 0 heterocycles. The van der Waals surface area contributed by atoms with E-state index in [0.717, 1.165) is 17.7 Å². The molecular formula is C21H27N2O3+. The van der Waals surface area contributed by atoms with Gasteiger partial charge in [-0.1, -0.05) is 24.3 Å². The molecule has 2 rings (SSSR count). The highest BCUT2D eigenvalue weighted by Crippen LogP contribution is 2.23. The standard InChI is InChI=1S/C21H26N2O3/c1-23(2)15-18-8-6-5-7-17(18)14-22-21(24)10-9-16-11-19(25-3)13-20(12-16)26-4/h5-13H,14-15H2,1-4H3,(H,22,24)/p+1/b10-9+. The molecule has 0 spiro atoms. The lowest BCUT2D eigenvalue weighted by Gasteiger charge is -2.12. The molecule has 2 aromatic carbocycles. The Morgan fingerprint density at radius 2 is 1.65 bits per heavy atom. The molecule has 0 radical (unpaired) electrons. The van der Waals surface area contributed by atoms with Crippen LogP contribution in [0.1, 0.15) is 16.7 Å². The quantitative estimate of drug-likeness (QED) is 0.709. The summed E-state index contributed by atoms with van der Waals surface area (Å²) in [4.78, 5) is 13.5. The molecule has 5 nitrogen and oxygen atoms in total. The van der Waals surface area contributed by atoms with Crippen molar-refractivity contribution in [1.82, 2.24) is 5.32 Å². The molecule has 0 saturated heterocycles. The Labute approximate surface area is 155 Å². The summed E-state index contributed by atoms with van der Waals surface area (Å²) in [6.07, 6.45) is 3.27. The van der Waals surface area contributed by atoms with Crippen LogP contribution in [0.5, 0.6) is 11.5 Å². The Kier molecular flexibility index (Phi) is 7.24. The molecule has 0 aliphatic rings. The van der Waals surface area contributed by atoms with Gasteiger partial charge >= 0.3 is 0 Å². The minimum absolute atomic E-state index is 0.140. The third-order valence-corrected chi connectivity index (χ3v) is 3.92. The van der Waals surface area contributed by atoms with E-state index in [1.54, 1.807) is 26.4 Å². The van der Waals surface area contributed by atoms with Crippen LogP contribution in [0.25, 0.3) is 6.08 Å². The summed E-state index contributed by atoms with van der Waals surface area (Å²) < 4.78 is 10.5. The smallest absolute Gasteiger partial charge is 0.244 e. The van der Waals surface area contributed by atoms with E-state index >= 15 is 0 Å². The zero-order chi connectivity index (χ0) is 18.9. The Morgan fingerprint density at radius 1 is 1.04 bits per heavy atom. The molecule has 2 N–H and O–H groups in total. The molecular weight excluding hydrogens is 328 g/mol. The lowest BCUT2D eigenvalue weighted by atomic mass is 10.1. The molecule has 0 bridgehead atoms. The van der Waals surface area contributed by atoms with Gasteiger partial charge in [-0.2, -0.15) is 0 Å². The van der Waals surface area contributed by atoms with Crippen LogP contribution in [0.15, 0.2) is 48.5 Å². The maximum Gasteiger partial charge on any atom is 0.244 e. The second-order valence-electron chi connectivity index (χ2n) is 6.35. The van der Waals surface area contributed by atoms with Gasteiger partial charge in [0.2, 0.25) is 5.91 Å². The Morgan fingerprint density at radius 3 is 2.23 bits per heavy atom. The summed E-state index contributed by atoms with van der Waals surface area (Å²) in [5, 5.41) is 2.94. The summed E-state index contributed by atoms with van der Waals surface area (Å²) >= 11 is 0. The first-order valence-corrected chi connectivity index (χ1v) is 8.56. The highest BCUT2D eigenvalue weighted by molar-refractivity contribution is 5.91. The van der Waals surface area contributed by atoms with Gasteiger partial charge in [0.25, 0.3) is 0 Å². The minimum Gasteiger partial charge on any atom is -0.497 e. The van der Waals surface area contributed by atoms with Crippen molar-refractivity contribution in [1.29, 1.82) is 0 Å². The van der Waals surface area contributed by atoms with Crippen molar-refractivity contribution in [2.24, 2.45) is 0 Å². The summed E-state index contributed by atoms with van der Waals surface area (Å²) in [7, 11) is 7.42. The van der Waals surface area contributed by atoms with Crippen molar-refractivity contribution < 1.29 is 19.2 Å². The molecule has 138 valence electrons. The van der Waals surface area contributed by atoms with Gasteiger partial charge in [-0.05, 0) is 29.3 Å². The highest BCUT2D eigenvalue weighted by atomic mass is 16.5. The van der Waals surface area contributed by atoms with Gasteiger partial charge in [0.1, 0.15) is 18.0 Å². The predicted molar refractivity (Wildman–Crippen MR) is 103 cm³/mol. The Bertz CT molecular complexity index is 747. The van der Waals surface area contributed by atoms with Gasteiger partial charge in [0.15, 0.2) is 0 Å². The molecule has 0 unspecified atom stereocenters. The van der Waals surface area contributed by atoms with E-state index in [4.69, 9.17) is 9.47 Å². The normalized spacial score (nSPS) is 11.0. The van der Waals surface area contributed by atoms with Gasteiger partial charge in [-0.25, -0.2) is 0 Å². The lowest BCUT2D eigenvalue weighted by molar-refractivity contribution is -0.872. The number of benzene rings is 2. The van der Waals surface area contributed by atoms with Crippen LogP contribution in [-0.2, 0) is 17.9 Å². The van der Waals surface area contributed by atoms with Crippen LogP contribution in [0.4, 0.5) is 0 Å². The fourth-order valence-corrected chi connectivity index (χ4v) is 2.62. The van der Waals surface area contributed by atoms with Gasteiger partial charge in [0, 0.05) is 24.3 Å². The molecule has 5 heteroatoms. The number of hydrogen-bond donors (Lipinski definition) is 2. The average Bonchev–Trinajstić information content (AvgIpc) is 2.64. The van der Waals surface area contributed by atoms with E-state index in [2.05, 4.69) is 31.5 Å². The number of ether oxygens (including phenoxy) is 2. The first kappa shape index (κ1) is 19.5. The van der Waals surface area contributed by atoms with Crippen LogP contribution in [0.2, 0.25) is 0 Å². The van der Waals surface area contributed by atoms with Crippen molar-refractivity contribution in [3.8, 4) is 11.5 Å². The number of quaternary nitrogens is 1. The fraction of sp³-hybridized carbons (Fsp3) is 0.286. The summed E-state index contributed by atoms with van der Waals surface area (Å²) in [6.45, 7) is 1.43. The number of nitrogens with one attached hydrogen (secondary N) is 2. The van der Waals surface area contributed by atoms with E-state index in [0.29, 0.717) is 18.0 Å². The maximum absolute atomic E-state index is 12.2. The number of carbonyl (C=O) groups is 1. The van der Waals surface area contributed by atoms with Crippen molar-refractivity contribution >= 4 is 12.0 Å². The van der Waals surface area contributed by atoms with Gasteiger partial charge in [0.05, 0.1) is 28.3 Å². The van der Waals surface area contributed by atoms with E-state index in [-0.39, 0.29) is 5.91 Å². The Hall–Kier alpha value is -2.79. The summed E-state index contributed by atoms with van der Waals surface area (Å²) in [5.74, 6) is 1.23. The highest BCUT2D eigenvalue weighted by Gasteiger charge is 2.06. The maximum atomic E-state index is 12.2. The van der Waals surface area contributed by atoms with Crippen LogP contribution >= 0.6 is 0 Å². The number of hydrogen-bond acceptors (Lipinski definition) is 3. The van der Waals surface area contributed by atoms with E-state index in [1.165, 1.54) is 16.5 Å². The number of methoxy groups -OCH3 is 2. The average molecular weight is 355 g/mol. The number of amides is 1. The lowest BCUT2D eigenvalue weighted by Crippen LogP contribution is -3.04. The second kappa shape index (κ2) is 9.63. The molecule has 0 saturated carbocycles. The monoisotopic (exact) mass is 355 g/mol. The van der Waals surface area contributed by atoms with Crippen LogP contribution in [-0.4, -0.2) is 34.2 Å². The first-order valence-electron chi connectivity index (χ1n) is 8.56. The SMILES string of the molecule is COc1cc(/C=C/C(=O)NCc2ccccc2C[NH+](C)C)cc(OC)c1. The molecule has 0 aliphatic carbocycles. The summed E-state index contributed by atoms with van der Waals surface area (Å²) in [6, 6.07) is 13.7. The third-order valence-electron chi connectivity index (χ3n) is 3.92.